The number of carbonyl (C=O) groups excluding carboxylic acids is 1. The van der Waals surface area contributed by atoms with Gasteiger partial charge in [-0.25, -0.2) is 0 Å². The van der Waals surface area contributed by atoms with Crippen molar-refractivity contribution in [3.63, 3.8) is 0 Å². The molecule has 0 aliphatic carbocycles. The average molecular weight is 305 g/mol. The summed E-state index contributed by atoms with van der Waals surface area (Å²) in [4.78, 5) is 11.8. The third-order valence-corrected chi connectivity index (χ3v) is 5.12. The Labute approximate surface area is 122 Å². The van der Waals surface area contributed by atoms with Crippen molar-refractivity contribution in [1.82, 2.24) is 13.9 Å². The Hall–Kier alpha value is -0.660. The summed E-state index contributed by atoms with van der Waals surface area (Å²) in [6, 6.07) is 0. The molecule has 1 aliphatic heterocycles. The zero-order valence-electron chi connectivity index (χ0n) is 13.1. The fourth-order valence-electron chi connectivity index (χ4n) is 2.29. The quantitative estimate of drug-likeness (QED) is 0.835. The molecule has 1 fully saturated rings. The van der Waals surface area contributed by atoms with Gasteiger partial charge in [0.25, 0.3) is 10.2 Å². The monoisotopic (exact) mass is 305 g/mol. The SMILES string of the molecule is CC1CCCN(S(=O)(=O)N(C)CC(=O)NC(C)(C)C)C1. The van der Waals surface area contributed by atoms with Crippen molar-refractivity contribution in [2.24, 2.45) is 5.92 Å². The molecule has 20 heavy (non-hydrogen) atoms. The summed E-state index contributed by atoms with van der Waals surface area (Å²) in [5.74, 6) is 0.0870. The molecule has 1 rings (SSSR count). The van der Waals surface area contributed by atoms with E-state index in [1.54, 1.807) is 0 Å². The van der Waals surface area contributed by atoms with E-state index in [2.05, 4.69) is 5.32 Å². The second-order valence-electron chi connectivity index (χ2n) is 6.67. The fraction of sp³-hybridized carbons (Fsp3) is 0.923. The number of piperidine rings is 1. The van der Waals surface area contributed by atoms with Gasteiger partial charge in [-0.2, -0.15) is 17.0 Å². The third-order valence-electron chi connectivity index (χ3n) is 3.22. The van der Waals surface area contributed by atoms with E-state index in [4.69, 9.17) is 0 Å². The van der Waals surface area contributed by atoms with Crippen molar-refractivity contribution in [2.45, 2.75) is 46.1 Å². The highest BCUT2D eigenvalue weighted by atomic mass is 32.2. The highest BCUT2D eigenvalue weighted by molar-refractivity contribution is 7.86. The van der Waals surface area contributed by atoms with Crippen LogP contribution in [0, 0.1) is 5.92 Å². The molecule has 1 N–H and O–H groups in total. The number of nitrogens with one attached hydrogen (secondary N) is 1. The van der Waals surface area contributed by atoms with Crippen LogP contribution in [0.15, 0.2) is 0 Å². The van der Waals surface area contributed by atoms with Gasteiger partial charge in [0.15, 0.2) is 0 Å². The zero-order valence-corrected chi connectivity index (χ0v) is 14.0. The molecule has 1 saturated heterocycles. The van der Waals surface area contributed by atoms with Crippen LogP contribution in [0.4, 0.5) is 0 Å². The van der Waals surface area contributed by atoms with Gasteiger partial charge < -0.3 is 5.32 Å². The van der Waals surface area contributed by atoms with E-state index in [-0.39, 0.29) is 18.0 Å². The summed E-state index contributed by atoms with van der Waals surface area (Å²) in [6.45, 7) is 8.58. The first-order valence-corrected chi connectivity index (χ1v) is 8.44. The summed E-state index contributed by atoms with van der Waals surface area (Å²) in [5.41, 5.74) is -0.360. The molecule has 118 valence electrons. The topological polar surface area (TPSA) is 69.7 Å². The maximum absolute atomic E-state index is 12.4. The van der Waals surface area contributed by atoms with Crippen LogP contribution in [0.5, 0.6) is 0 Å². The molecule has 1 unspecified atom stereocenters. The first kappa shape index (κ1) is 17.4. The Morgan fingerprint density at radius 3 is 2.50 bits per heavy atom. The van der Waals surface area contributed by atoms with E-state index in [0.717, 1.165) is 17.1 Å². The van der Waals surface area contributed by atoms with Crippen molar-refractivity contribution < 1.29 is 13.2 Å². The molecule has 0 bridgehead atoms. The van der Waals surface area contributed by atoms with Crippen LogP contribution in [0.1, 0.15) is 40.5 Å². The fourth-order valence-corrected chi connectivity index (χ4v) is 3.77. The minimum Gasteiger partial charge on any atom is -0.350 e. The van der Waals surface area contributed by atoms with E-state index in [1.807, 2.05) is 27.7 Å². The van der Waals surface area contributed by atoms with Crippen molar-refractivity contribution in [1.29, 1.82) is 0 Å². The van der Waals surface area contributed by atoms with Crippen molar-refractivity contribution in [3.8, 4) is 0 Å². The second-order valence-corrected chi connectivity index (χ2v) is 8.70. The molecule has 0 aromatic carbocycles. The van der Waals surface area contributed by atoms with Crippen molar-refractivity contribution in [2.75, 3.05) is 26.7 Å². The van der Waals surface area contributed by atoms with Gasteiger partial charge in [-0.3, -0.25) is 4.79 Å². The standard InChI is InChI=1S/C13H27N3O3S/c1-11-7-6-8-16(9-11)20(18,19)15(5)10-12(17)14-13(2,3)4/h11H,6-10H2,1-5H3,(H,14,17). The molecule has 0 saturated carbocycles. The van der Waals surface area contributed by atoms with Gasteiger partial charge in [-0.1, -0.05) is 6.92 Å². The minimum absolute atomic E-state index is 0.148. The van der Waals surface area contributed by atoms with Crippen molar-refractivity contribution >= 4 is 16.1 Å². The average Bonchev–Trinajstić information content (AvgIpc) is 2.26. The number of nitrogens with zero attached hydrogens (tertiary/aromatic N) is 2. The van der Waals surface area contributed by atoms with Crippen LogP contribution in [-0.4, -0.2) is 55.2 Å². The molecule has 1 amide bonds. The molecule has 0 radical (unpaired) electrons. The van der Waals surface area contributed by atoms with E-state index in [0.29, 0.717) is 19.0 Å². The van der Waals surface area contributed by atoms with Crippen LogP contribution < -0.4 is 5.32 Å². The number of hydrogen-bond acceptors (Lipinski definition) is 3. The van der Waals surface area contributed by atoms with Crippen molar-refractivity contribution in [3.05, 3.63) is 0 Å². The molecule has 0 aromatic heterocycles. The lowest BCUT2D eigenvalue weighted by Crippen LogP contribution is -2.51. The first-order chi connectivity index (χ1) is 9.02. The first-order valence-electron chi connectivity index (χ1n) is 7.05. The maximum Gasteiger partial charge on any atom is 0.282 e. The minimum atomic E-state index is -3.54. The molecule has 6 nitrogen and oxygen atoms in total. The molecule has 1 aliphatic rings. The van der Waals surface area contributed by atoms with E-state index in [9.17, 15) is 13.2 Å². The number of amides is 1. The lowest BCUT2D eigenvalue weighted by atomic mass is 10.0. The molecule has 1 atom stereocenters. The molecule has 0 aromatic rings. The van der Waals surface area contributed by atoms with Gasteiger partial charge in [0, 0.05) is 25.7 Å². The van der Waals surface area contributed by atoms with Gasteiger partial charge in [-0.05, 0) is 39.5 Å². The summed E-state index contributed by atoms with van der Waals surface area (Å²) in [5, 5.41) is 2.77. The van der Waals surface area contributed by atoms with Crippen LogP contribution >= 0.6 is 0 Å². The van der Waals surface area contributed by atoms with Gasteiger partial charge in [0.2, 0.25) is 5.91 Å². The predicted octanol–water partition coefficient (Wildman–Crippen LogP) is 0.810. The van der Waals surface area contributed by atoms with Crippen LogP contribution in [0.2, 0.25) is 0 Å². The summed E-state index contributed by atoms with van der Waals surface area (Å²) in [6.07, 6.45) is 1.93. The normalized spacial score (nSPS) is 22.0. The zero-order chi connectivity index (χ0) is 15.6. The summed E-state index contributed by atoms with van der Waals surface area (Å²) >= 11 is 0. The van der Waals surface area contributed by atoms with E-state index in [1.165, 1.54) is 11.4 Å². The van der Waals surface area contributed by atoms with Crippen LogP contribution in [0.25, 0.3) is 0 Å². The highest BCUT2D eigenvalue weighted by Crippen LogP contribution is 2.19. The molecule has 0 spiro atoms. The number of rotatable bonds is 4. The van der Waals surface area contributed by atoms with E-state index >= 15 is 0 Å². The number of hydrogen-bond donors (Lipinski definition) is 1. The number of carbonyl (C=O) groups is 1. The van der Waals surface area contributed by atoms with Gasteiger partial charge in [0.05, 0.1) is 6.54 Å². The lowest BCUT2D eigenvalue weighted by molar-refractivity contribution is -0.122. The Bertz CT molecular complexity index is 442. The third kappa shape index (κ3) is 5.03. The van der Waals surface area contributed by atoms with Crippen LogP contribution in [-0.2, 0) is 15.0 Å². The number of likely N-dealkylation sites (N-methyl/N-ethyl adjacent to an activating group) is 1. The Kier molecular flexibility index (Phi) is 5.57. The van der Waals surface area contributed by atoms with E-state index < -0.39 is 10.2 Å². The maximum atomic E-state index is 12.4. The molecule has 7 heteroatoms. The van der Waals surface area contributed by atoms with Crippen LogP contribution in [0.3, 0.4) is 0 Å². The van der Waals surface area contributed by atoms with Gasteiger partial charge in [0.1, 0.15) is 0 Å². The highest BCUT2D eigenvalue weighted by Gasteiger charge is 2.31. The Morgan fingerprint density at radius 1 is 1.40 bits per heavy atom. The molecular formula is C13H27N3O3S. The summed E-state index contributed by atoms with van der Waals surface area (Å²) in [7, 11) is -2.08. The lowest BCUT2D eigenvalue weighted by Gasteiger charge is -2.33. The van der Waals surface area contributed by atoms with Gasteiger partial charge in [-0.15, -0.1) is 0 Å². The molecule has 1 heterocycles. The Morgan fingerprint density at radius 2 is 2.00 bits per heavy atom. The smallest absolute Gasteiger partial charge is 0.282 e. The second kappa shape index (κ2) is 6.41. The molecular weight excluding hydrogens is 278 g/mol. The summed E-state index contributed by atoms with van der Waals surface area (Å²) < 4.78 is 27.4. The Balaban J connectivity index is 2.65. The largest absolute Gasteiger partial charge is 0.350 e. The van der Waals surface area contributed by atoms with Gasteiger partial charge >= 0.3 is 0 Å². The predicted molar refractivity (Wildman–Crippen MR) is 79.4 cm³/mol.